The Morgan fingerprint density at radius 1 is 1.28 bits per heavy atom. The van der Waals surface area contributed by atoms with Gasteiger partial charge < -0.3 is 9.47 Å². The van der Waals surface area contributed by atoms with Crippen LogP contribution in [0.1, 0.15) is 23.3 Å². The van der Waals surface area contributed by atoms with Gasteiger partial charge in [0.25, 0.3) is 0 Å². The quantitative estimate of drug-likeness (QED) is 0.835. The zero-order chi connectivity index (χ0) is 17.9. The Kier molecular flexibility index (Phi) is 5.48. The standard InChI is InChI=1S/C18H23NO4S2/c1-14-12-15(5-6-16(14)22-2)25(20,21)19-13-18(7-9-23-10-8-18)17-4-3-11-24-17/h3-6,11-12,19H,7-10,13H2,1-2H3. The maximum atomic E-state index is 12.8. The van der Waals surface area contributed by atoms with Crippen LogP contribution in [0.3, 0.4) is 0 Å². The number of hydrogen-bond acceptors (Lipinski definition) is 5. The van der Waals surface area contributed by atoms with Crippen molar-refractivity contribution in [3.63, 3.8) is 0 Å². The summed E-state index contributed by atoms with van der Waals surface area (Å²) < 4.78 is 39.0. The van der Waals surface area contributed by atoms with Crippen LogP contribution < -0.4 is 9.46 Å². The third-order valence-corrected chi connectivity index (χ3v) is 7.29. The zero-order valence-corrected chi connectivity index (χ0v) is 16.1. The van der Waals surface area contributed by atoms with Crippen molar-refractivity contribution >= 4 is 21.4 Å². The van der Waals surface area contributed by atoms with Crippen molar-refractivity contribution in [3.05, 3.63) is 46.2 Å². The average Bonchev–Trinajstić information content (AvgIpc) is 3.16. The third-order valence-electron chi connectivity index (χ3n) is 4.77. The van der Waals surface area contributed by atoms with Crippen LogP contribution in [0.15, 0.2) is 40.6 Å². The summed E-state index contributed by atoms with van der Waals surface area (Å²) in [6.45, 7) is 3.52. The molecule has 1 saturated heterocycles. The van der Waals surface area contributed by atoms with E-state index >= 15 is 0 Å². The minimum absolute atomic E-state index is 0.193. The van der Waals surface area contributed by atoms with E-state index in [1.807, 2.05) is 18.4 Å². The van der Waals surface area contributed by atoms with Crippen LogP contribution in [0.25, 0.3) is 0 Å². The highest BCUT2D eigenvalue weighted by Crippen LogP contribution is 2.37. The number of benzene rings is 1. The van der Waals surface area contributed by atoms with Crippen molar-refractivity contribution in [1.82, 2.24) is 4.72 Å². The van der Waals surface area contributed by atoms with Crippen LogP contribution in [-0.4, -0.2) is 35.3 Å². The second-order valence-corrected chi connectivity index (χ2v) is 9.04. The molecule has 1 aliphatic rings. The van der Waals surface area contributed by atoms with Gasteiger partial charge in [-0.1, -0.05) is 6.07 Å². The largest absolute Gasteiger partial charge is 0.496 e. The Balaban J connectivity index is 1.81. The van der Waals surface area contributed by atoms with E-state index in [-0.39, 0.29) is 10.3 Å². The molecule has 1 N–H and O–H groups in total. The van der Waals surface area contributed by atoms with E-state index in [0.717, 1.165) is 18.4 Å². The van der Waals surface area contributed by atoms with E-state index in [4.69, 9.17) is 9.47 Å². The van der Waals surface area contributed by atoms with Crippen molar-refractivity contribution < 1.29 is 17.9 Å². The fraction of sp³-hybridized carbons (Fsp3) is 0.444. The minimum Gasteiger partial charge on any atom is -0.496 e. The normalized spacial score (nSPS) is 17.4. The lowest BCUT2D eigenvalue weighted by molar-refractivity contribution is 0.0529. The van der Waals surface area contributed by atoms with Crippen LogP contribution in [0, 0.1) is 6.92 Å². The molecule has 2 heterocycles. The number of rotatable bonds is 6. The Morgan fingerprint density at radius 3 is 2.64 bits per heavy atom. The topological polar surface area (TPSA) is 64.6 Å². The first kappa shape index (κ1) is 18.4. The Hall–Kier alpha value is -1.41. The number of nitrogens with one attached hydrogen (secondary N) is 1. The number of methoxy groups -OCH3 is 1. The lowest BCUT2D eigenvalue weighted by Gasteiger charge is -2.36. The molecule has 0 atom stereocenters. The first-order chi connectivity index (χ1) is 12.0. The van der Waals surface area contributed by atoms with Crippen LogP contribution in [0.2, 0.25) is 0 Å². The lowest BCUT2D eigenvalue weighted by Crippen LogP contribution is -2.44. The first-order valence-corrected chi connectivity index (χ1v) is 10.6. The zero-order valence-electron chi connectivity index (χ0n) is 14.4. The highest BCUT2D eigenvalue weighted by atomic mass is 32.2. The second-order valence-electron chi connectivity index (χ2n) is 6.33. The number of aryl methyl sites for hydroxylation is 1. The summed E-state index contributed by atoms with van der Waals surface area (Å²) in [7, 11) is -2.00. The Bertz CT molecular complexity index is 810. The van der Waals surface area contributed by atoms with Crippen molar-refractivity contribution in [1.29, 1.82) is 0 Å². The molecule has 5 nitrogen and oxygen atoms in total. The molecule has 0 aliphatic carbocycles. The number of hydrogen-bond donors (Lipinski definition) is 1. The molecule has 1 fully saturated rings. The molecule has 7 heteroatoms. The van der Waals surface area contributed by atoms with Crippen molar-refractivity contribution in [2.24, 2.45) is 0 Å². The summed E-state index contributed by atoms with van der Waals surface area (Å²) in [6.07, 6.45) is 1.63. The molecule has 2 aromatic rings. The van der Waals surface area contributed by atoms with Gasteiger partial charge in [-0.05, 0) is 55.0 Å². The van der Waals surface area contributed by atoms with E-state index in [1.165, 1.54) is 4.88 Å². The second kappa shape index (κ2) is 7.45. The summed E-state index contributed by atoms with van der Waals surface area (Å²) in [5.41, 5.74) is 0.602. The SMILES string of the molecule is COc1ccc(S(=O)(=O)NCC2(c3cccs3)CCOCC2)cc1C. The van der Waals surface area contributed by atoms with E-state index in [0.29, 0.717) is 25.5 Å². The van der Waals surface area contributed by atoms with Crippen molar-refractivity contribution in [2.45, 2.75) is 30.1 Å². The monoisotopic (exact) mass is 381 g/mol. The molecule has 1 aliphatic heterocycles. The van der Waals surface area contributed by atoms with E-state index in [9.17, 15) is 8.42 Å². The Labute approximate surface area is 153 Å². The molecule has 1 aromatic carbocycles. The predicted molar refractivity (Wildman–Crippen MR) is 99.0 cm³/mol. The molecule has 0 bridgehead atoms. The highest BCUT2D eigenvalue weighted by Gasteiger charge is 2.36. The van der Waals surface area contributed by atoms with Gasteiger partial charge in [-0.15, -0.1) is 11.3 Å². The molecule has 0 spiro atoms. The van der Waals surface area contributed by atoms with Gasteiger partial charge in [-0.2, -0.15) is 0 Å². The fourth-order valence-corrected chi connectivity index (χ4v) is 5.39. The fourth-order valence-electron chi connectivity index (χ4n) is 3.19. The summed E-state index contributed by atoms with van der Waals surface area (Å²) in [5.74, 6) is 0.679. The molecule has 3 rings (SSSR count). The molecular formula is C18H23NO4S2. The average molecular weight is 382 g/mol. The lowest BCUT2D eigenvalue weighted by atomic mass is 9.79. The summed E-state index contributed by atoms with van der Waals surface area (Å²) >= 11 is 1.68. The maximum Gasteiger partial charge on any atom is 0.240 e. The Morgan fingerprint density at radius 2 is 2.04 bits per heavy atom. The van der Waals surface area contributed by atoms with Gasteiger partial charge in [0, 0.05) is 30.1 Å². The summed E-state index contributed by atoms with van der Waals surface area (Å²) in [6, 6.07) is 9.01. The van der Waals surface area contributed by atoms with Crippen molar-refractivity contribution in [2.75, 3.05) is 26.9 Å². The van der Waals surface area contributed by atoms with Crippen LogP contribution in [-0.2, 0) is 20.2 Å². The predicted octanol–water partition coefficient (Wildman–Crippen LogP) is 3.09. The number of sulfonamides is 1. The minimum atomic E-state index is -3.58. The van der Waals surface area contributed by atoms with E-state index in [2.05, 4.69) is 10.8 Å². The molecular weight excluding hydrogens is 358 g/mol. The smallest absolute Gasteiger partial charge is 0.240 e. The van der Waals surface area contributed by atoms with Crippen LogP contribution in [0.5, 0.6) is 5.75 Å². The molecule has 0 radical (unpaired) electrons. The van der Waals surface area contributed by atoms with Crippen LogP contribution >= 0.6 is 11.3 Å². The molecule has 0 unspecified atom stereocenters. The maximum absolute atomic E-state index is 12.8. The van der Waals surface area contributed by atoms with E-state index < -0.39 is 10.0 Å². The van der Waals surface area contributed by atoms with Crippen molar-refractivity contribution in [3.8, 4) is 5.75 Å². The highest BCUT2D eigenvalue weighted by molar-refractivity contribution is 7.89. The van der Waals surface area contributed by atoms with E-state index in [1.54, 1.807) is 36.6 Å². The van der Waals surface area contributed by atoms with Gasteiger partial charge >= 0.3 is 0 Å². The molecule has 1 aromatic heterocycles. The number of thiophene rings is 1. The van der Waals surface area contributed by atoms with Gasteiger partial charge in [0.15, 0.2) is 0 Å². The molecule has 136 valence electrons. The number of ether oxygens (including phenoxy) is 2. The van der Waals surface area contributed by atoms with Gasteiger partial charge in [-0.25, -0.2) is 13.1 Å². The summed E-state index contributed by atoms with van der Waals surface area (Å²) in [5, 5.41) is 2.04. The summed E-state index contributed by atoms with van der Waals surface area (Å²) in [4.78, 5) is 1.48. The first-order valence-electron chi connectivity index (χ1n) is 8.23. The molecule has 25 heavy (non-hydrogen) atoms. The van der Waals surface area contributed by atoms with Gasteiger partial charge in [0.2, 0.25) is 10.0 Å². The molecule has 0 amide bonds. The van der Waals surface area contributed by atoms with Crippen LogP contribution in [0.4, 0.5) is 0 Å². The molecule has 0 saturated carbocycles. The van der Waals surface area contributed by atoms with Gasteiger partial charge in [0.1, 0.15) is 5.75 Å². The third kappa shape index (κ3) is 3.89. The van der Waals surface area contributed by atoms with Gasteiger partial charge in [-0.3, -0.25) is 0 Å². The van der Waals surface area contributed by atoms with Gasteiger partial charge in [0.05, 0.1) is 12.0 Å².